The first-order chi connectivity index (χ1) is 6.33. The molecule has 3 nitrogen and oxygen atoms in total. The number of benzene rings is 1. The summed E-state index contributed by atoms with van der Waals surface area (Å²) in [6.07, 6.45) is 4.14. The molecule has 1 aromatic carbocycles. The Morgan fingerprint density at radius 1 is 1.31 bits per heavy atom. The van der Waals surface area contributed by atoms with Gasteiger partial charge in [0.25, 0.3) is 0 Å². The van der Waals surface area contributed by atoms with Crippen molar-refractivity contribution in [2.45, 2.75) is 0 Å². The maximum atomic E-state index is 10.6. The minimum Gasteiger partial charge on any atom is -0.398 e. The van der Waals surface area contributed by atoms with Gasteiger partial charge in [-0.15, -0.1) is 0 Å². The van der Waals surface area contributed by atoms with Crippen LogP contribution >= 0.6 is 0 Å². The van der Waals surface area contributed by atoms with Crippen LogP contribution in [0.2, 0.25) is 0 Å². The molecule has 13 heavy (non-hydrogen) atoms. The molecule has 0 fully saturated rings. The molecular weight excluding hydrogens is 164 g/mol. The van der Waals surface area contributed by atoms with E-state index in [1.54, 1.807) is 24.5 Å². The van der Waals surface area contributed by atoms with Crippen molar-refractivity contribution in [3.05, 3.63) is 36.2 Å². The number of hydrogen-bond donors (Lipinski definition) is 1. The van der Waals surface area contributed by atoms with E-state index in [9.17, 15) is 4.79 Å². The number of hydrogen-bond acceptors (Lipinski definition) is 3. The average Bonchev–Trinajstić information content (AvgIpc) is 2.19. The van der Waals surface area contributed by atoms with Gasteiger partial charge in [-0.2, -0.15) is 0 Å². The zero-order valence-corrected chi connectivity index (χ0v) is 6.90. The standard InChI is InChI=1S/C10H8N2O/c11-10-8(6-13)2-1-7-5-12-4-3-9(7)10/h1-6H,11H2. The van der Waals surface area contributed by atoms with Crippen LogP contribution in [0.25, 0.3) is 10.8 Å². The lowest BCUT2D eigenvalue weighted by Crippen LogP contribution is -1.93. The van der Waals surface area contributed by atoms with Crippen molar-refractivity contribution in [1.82, 2.24) is 4.98 Å². The summed E-state index contributed by atoms with van der Waals surface area (Å²) in [4.78, 5) is 14.5. The highest BCUT2D eigenvalue weighted by Crippen LogP contribution is 2.22. The van der Waals surface area contributed by atoms with Gasteiger partial charge in [-0.05, 0) is 12.1 Å². The Balaban J connectivity index is 2.86. The Kier molecular flexibility index (Phi) is 1.70. The van der Waals surface area contributed by atoms with Crippen molar-refractivity contribution in [3.63, 3.8) is 0 Å². The summed E-state index contributed by atoms with van der Waals surface area (Å²) in [5, 5.41) is 1.82. The smallest absolute Gasteiger partial charge is 0.152 e. The molecule has 0 saturated heterocycles. The number of nitrogens with two attached hydrogens (primary N) is 1. The minimum atomic E-state index is 0.523. The highest BCUT2D eigenvalue weighted by molar-refractivity contribution is 6.00. The Labute approximate surface area is 75.2 Å². The van der Waals surface area contributed by atoms with Gasteiger partial charge in [0.05, 0.1) is 5.69 Å². The molecule has 0 atom stereocenters. The summed E-state index contributed by atoms with van der Waals surface area (Å²) in [6.45, 7) is 0. The van der Waals surface area contributed by atoms with Gasteiger partial charge in [0, 0.05) is 28.7 Å². The molecule has 0 radical (unpaired) electrons. The Morgan fingerprint density at radius 3 is 2.92 bits per heavy atom. The number of anilines is 1. The molecule has 2 N–H and O–H groups in total. The molecule has 0 spiro atoms. The van der Waals surface area contributed by atoms with Gasteiger partial charge in [-0.1, -0.05) is 6.07 Å². The lowest BCUT2D eigenvalue weighted by Gasteiger charge is -2.02. The fraction of sp³-hybridized carbons (Fsp3) is 0. The van der Waals surface area contributed by atoms with Gasteiger partial charge in [-0.25, -0.2) is 0 Å². The third-order valence-electron chi connectivity index (χ3n) is 2.02. The summed E-state index contributed by atoms with van der Waals surface area (Å²) >= 11 is 0. The van der Waals surface area contributed by atoms with Crippen LogP contribution in [0.3, 0.4) is 0 Å². The molecule has 0 saturated carbocycles. The largest absolute Gasteiger partial charge is 0.398 e. The van der Waals surface area contributed by atoms with Crippen molar-refractivity contribution >= 4 is 22.7 Å². The SMILES string of the molecule is Nc1c(C=O)ccc2cnccc12. The second-order valence-electron chi connectivity index (χ2n) is 2.78. The predicted molar refractivity (Wildman–Crippen MR) is 51.5 cm³/mol. The molecule has 2 aromatic rings. The summed E-state index contributed by atoms with van der Waals surface area (Å²) < 4.78 is 0. The van der Waals surface area contributed by atoms with E-state index in [2.05, 4.69) is 4.98 Å². The normalized spacial score (nSPS) is 10.2. The summed E-state index contributed by atoms with van der Waals surface area (Å²) in [7, 11) is 0. The Hall–Kier alpha value is -1.90. The maximum absolute atomic E-state index is 10.6. The minimum absolute atomic E-state index is 0.523. The zero-order chi connectivity index (χ0) is 9.26. The molecule has 0 aliphatic carbocycles. The summed E-state index contributed by atoms with van der Waals surface area (Å²) in [5.74, 6) is 0. The van der Waals surface area contributed by atoms with Crippen molar-refractivity contribution in [2.75, 3.05) is 5.73 Å². The maximum Gasteiger partial charge on any atom is 0.152 e. The number of carbonyl (C=O) groups is 1. The number of fused-ring (bicyclic) bond motifs is 1. The predicted octanol–water partition coefficient (Wildman–Crippen LogP) is 1.63. The van der Waals surface area contributed by atoms with Crippen molar-refractivity contribution < 1.29 is 4.79 Å². The first kappa shape index (κ1) is 7.73. The van der Waals surface area contributed by atoms with Crippen LogP contribution in [-0.4, -0.2) is 11.3 Å². The van der Waals surface area contributed by atoms with Crippen LogP contribution < -0.4 is 5.73 Å². The number of nitrogen functional groups attached to an aromatic ring is 1. The number of aromatic nitrogens is 1. The monoisotopic (exact) mass is 172 g/mol. The first-order valence-electron chi connectivity index (χ1n) is 3.90. The molecular formula is C10H8N2O. The topological polar surface area (TPSA) is 56.0 Å². The van der Waals surface area contributed by atoms with Gasteiger partial charge in [0.2, 0.25) is 0 Å². The van der Waals surface area contributed by atoms with Crippen LogP contribution in [-0.2, 0) is 0 Å². The van der Waals surface area contributed by atoms with Gasteiger partial charge < -0.3 is 5.73 Å². The quantitative estimate of drug-likeness (QED) is 0.525. The zero-order valence-electron chi connectivity index (χ0n) is 6.90. The van der Waals surface area contributed by atoms with E-state index in [1.165, 1.54) is 0 Å². The van der Waals surface area contributed by atoms with Crippen LogP contribution in [0.15, 0.2) is 30.6 Å². The molecule has 0 aliphatic heterocycles. The summed E-state index contributed by atoms with van der Waals surface area (Å²) in [6, 6.07) is 5.34. The van der Waals surface area contributed by atoms with E-state index in [0.29, 0.717) is 11.3 Å². The van der Waals surface area contributed by atoms with Gasteiger partial charge >= 0.3 is 0 Å². The second kappa shape index (κ2) is 2.86. The van der Waals surface area contributed by atoms with Gasteiger partial charge in [0.1, 0.15) is 0 Å². The fourth-order valence-electron chi connectivity index (χ4n) is 1.31. The fourth-order valence-corrected chi connectivity index (χ4v) is 1.31. The number of rotatable bonds is 1. The molecule has 0 amide bonds. The molecule has 3 heteroatoms. The van der Waals surface area contributed by atoms with E-state index >= 15 is 0 Å². The van der Waals surface area contributed by atoms with Crippen molar-refractivity contribution in [3.8, 4) is 0 Å². The molecule has 64 valence electrons. The van der Waals surface area contributed by atoms with Crippen LogP contribution in [0.1, 0.15) is 10.4 Å². The Morgan fingerprint density at radius 2 is 2.15 bits per heavy atom. The first-order valence-corrected chi connectivity index (χ1v) is 3.90. The summed E-state index contributed by atoms with van der Waals surface area (Å²) in [5.41, 5.74) is 6.82. The van der Waals surface area contributed by atoms with Crippen molar-refractivity contribution in [2.24, 2.45) is 0 Å². The second-order valence-corrected chi connectivity index (χ2v) is 2.78. The molecule has 2 rings (SSSR count). The van der Waals surface area contributed by atoms with Gasteiger partial charge in [0.15, 0.2) is 6.29 Å². The van der Waals surface area contributed by atoms with E-state index < -0.39 is 0 Å². The lowest BCUT2D eigenvalue weighted by atomic mass is 10.1. The number of carbonyl (C=O) groups excluding carboxylic acids is 1. The number of nitrogens with zero attached hydrogens (tertiary/aromatic N) is 1. The molecule has 0 bridgehead atoms. The third-order valence-corrected chi connectivity index (χ3v) is 2.02. The van der Waals surface area contributed by atoms with E-state index in [-0.39, 0.29) is 0 Å². The van der Waals surface area contributed by atoms with Crippen LogP contribution in [0.5, 0.6) is 0 Å². The van der Waals surface area contributed by atoms with E-state index in [4.69, 9.17) is 5.73 Å². The molecule has 1 aromatic heterocycles. The highest BCUT2D eigenvalue weighted by Gasteiger charge is 2.01. The highest BCUT2D eigenvalue weighted by atomic mass is 16.1. The molecule has 0 aliphatic rings. The third kappa shape index (κ3) is 1.14. The molecule has 0 unspecified atom stereocenters. The van der Waals surface area contributed by atoms with Crippen molar-refractivity contribution in [1.29, 1.82) is 0 Å². The van der Waals surface area contributed by atoms with Gasteiger partial charge in [-0.3, -0.25) is 9.78 Å². The van der Waals surface area contributed by atoms with Crippen LogP contribution in [0, 0.1) is 0 Å². The number of aldehydes is 1. The van der Waals surface area contributed by atoms with E-state index in [0.717, 1.165) is 17.1 Å². The lowest BCUT2D eigenvalue weighted by molar-refractivity contribution is 0.112. The Bertz CT molecular complexity index is 465. The van der Waals surface area contributed by atoms with Crippen LogP contribution in [0.4, 0.5) is 5.69 Å². The van der Waals surface area contributed by atoms with E-state index in [1.807, 2.05) is 6.07 Å². The molecule has 1 heterocycles. The average molecular weight is 172 g/mol. The number of pyridine rings is 1.